The van der Waals surface area contributed by atoms with E-state index in [1.54, 1.807) is 42.5 Å². The fraction of sp³-hybridized carbons (Fsp3) is 0.125. The van der Waals surface area contributed by atoms with Gasteiger partial charge in [-0.1, -0.05) is 65.8 Å². The molecule has 0 saturated heterocycles. The highest BCUT2D eigenvalue weighted by Gasteiger charge is 2.23. The Kier molecular flexibility index (Phi) is 8.26. The molecule has 0 unspecified atom stereocenters. The maximum atomic E-state index is 12.4. The first-order chi connectivity index (χ1) is 19.6. The zero-order valence-corrected chi connectivity index (χ0v) is 22.0. The van der Waals surface area contributed by atoms with Crippen molar-refractivity contribution < 1.29 is 23.5 Å². The van der Waals surface area contributed by atoms with Crippen molar-refractivity contribution in [1.29, 1.82) is 0 Å². The van der Waals surface area contributed by atoms with Gasteiger partial charge in [-0.05, 0) is 42.3 Å². The monoisotopic (exact) mass is 535 g/mol. The van der Waals surface area contributed by atoms with E-state index in [2.05, 4.69) is 10.5 Å². The molecule has 0 fully saturated rings. The summed E-state index contributed by atoms with van der Waals surface area (Å²) in [7, 11) is 0. The molecule has 0 atom stereocenters. The van der Waals surface area contributed by atoms with Crippen LogP contribution >= 0.6 is 0 Å². The molecule has 5 rings (SSSR count). The summed E-state index contributed by atoms with van der Waals surface area (Å²) in [6.45, 7) is 2.93. The predicted molar refractivity (Wildman–Crippen MR) is 152 cm³/mol. The van der Waals surface area contributed by atoms with E-state index in [1.807, 2.05) is 67.6 Å². The SMILES string of the molecule is CCNC(=O)c1cc(-c2c(OCc3ccccc3)cc(OCc3ccccc3)cc2Oc2ccc(N)cc2)on1. The molecule has 3 N–H and O–H groups in total. The standard InChI is InChI=1S/C32H29N3O5/c1-2-34-32(36)27-19-30(40-35-27)31-28(38-21-23-11-7-4-8-12-23)17-26(37-20-22-9-5-3-6-10-22)18-29(31)39-25-15-13-24(33)14-16-25/h3-19H,2,20-21,33H2,1H3,(H,34,36). The van der Waals surface area contributed by atoms with Gasteiger partial charge in [-0.15, -0.1) is 0 Å². The third-order valence-electron chi connectivity index (χ3n) is 5.96. The van der Waals surface area contributed by atoms with Crippen LogP contribution in [0.15, 0.2) is 108 Å². The van der Waals surface area contributed by atoms with Crippen LogP contribution in [-0.2, 0) is 13.2 Å². The van der Waals surface area contributed by atoms with Crippen LogP contribution < -0.4 is 25.3 Å². The highest BCUT2D eigenvalue weighted by Crippen LogP contribution is 2.44. The minimum Gasteiger partial charge on any atom is -0.489 e. The lowest BCUT2D eigenvalue weighted by atomic mass is 10.1. The van der Waals surface area contributed by atoms with E-state index < -0.39 is 0 Å². The van der Waals surface area contributed by atoms with Crippen molar-refractivity contribution in [2.75, 3.05) is 12.3 Å². The highest BCUT2D eigenvalue weighted by atomic mass is 16.5. The van der Waals surface area contributed by atoms with E-state index in [0.717, 1.165) is 11.1 Å². The van der Waals surface area contributed by atoms with E-state index in [1.165, 1.54) is 0 Å². The molecular formula is C32H29N3O5. The maximum Gasteiger partial charge on any atom is 0.273 e. The fourth-order valence-corrected chi connectivity index (χ4v) is 3.98. The number of aromatic nitrogens is 1. The first-order valence-electron chi connectivity index (χ1n) is 12.9. The minimum absolute atomic E-state index is 0.147. The van der Waals surface area contributed by atoms with Crippen LogP contribution in [0.2, 0.25) is 0 Å². The Hall–Kier alpha value is -5.24. The molecule has 1 aromatic heterocycles. The van der Waals surface area contributed by atoms with Crippen LogP contribution in [0.1, 0.15) is 28.5 Å². The van der Waals surface area contributed by atoms with E-state index in [-0.39, 0.29) is 18.2 Å². The second kappa shape index (κ2) is 12.5. The van der Waals surface area contributed by atoms with Crippen molar-refractivity contribution in [3.8, 4) is 34.3 Å². The molecule has 0 aliphatic heterocycles. The van der Waals surface area contributed by atoms with Gasteiger partial charge in [0.15, 0.2) is 11.5 Å². The highest BCUT2D eigenvalue weighted by molar-refractivity contribution is 5.93. The van der Waals surface area contributed by atoms with Gasteiger partial charge in [0.05, 0.1) is 0 Å². The molecule has 0 spiro atoms. The summed E-state index contributed by atoms with van der Waals surface area (Å²) in [5.74, 6) is 1.89. The summed E-state index contributed by atoms with van der Waals surface area (Å²) in [6, 6.07) is 31.8. The first kappa shape index (κ1) is 26.4. The lowest BCUT2D eigenvalue weighted by Crippen LogP contribution is -2.22. The van der Waals surface area contributed by atoms with Crippen molar-refractivity contribution in [3.05, 3.63) is 120 Å². The number of nitrogen functional groups attached to an aromatic ring is 1. The van der Waals surface area contributed by atoms with Gasteiger partial charge in [0.1, 0.15) is 41.8 Å². The third-order valence-corrected chi connectivity index (χ3v) is 5.96. The van der Waals surface area contributed by atoms with Gasteiger partial charge < -0.3 is 29.8 Å². The number of nitrogens with one attached hydrogen (secondary N) is 1. The molecule has 202 valence electrons. The number of hydrogen-bond donors (Lipinski definition) is 2. The molecule has 0 aliphatic carbocycles. The average molecular weight is 536 g/mol. The lowest BCUT2D eigenvalue weighted by Gasteiger charge is -2.17. The van der Waals surface area contributed by atoms with E-state index in [0.29, 0.717) is 53.2 Å². The molecule has 0 saturated carbocycles. The lowest BCUT2D eigenvalue weighted by molar-refractivity contribution is 0.0947. The molecule has 4 aromatic carbocycles. The number of nitrogens with zero attached hydrogens (tertiary/aromatic N) is 1. The summed E-state index contributed by atoms with van der Waals surface area (Å²) in [6.07, 6.45) is 0. The molecular weight excluding hydrogens is 506 g/mol. The van der Waals surface area contributed by atoms with Gasteiger partial charge >= 0.3 is 0 Å². The average Bonchev–Trinajstić information content (AvgIpc) is 3.47. The molecule has 0 bridgehead atoms. The first-order valence-corrected chi connectivity index (χ1v) is 12.9. The van der Waals surface area contributed by atoms with Gasteiger partial charge in [-0.25, -0.2) is 0 Å². The Morgan fingerprint density at radius 3 is 2.08 bits per heavy atom. The largest absolute Gasteiger partial charge is 0.489 e. The van der Waals surface area contributed by atoms with Crippen molar-refractivity contribution in [2.45, 2.75) is 20.1 Å². The Bertz CT molecular complexity index is 1550. The Morgan fingerprint density at radius 1 is 0.800 bits per heavy atom. The van der Waals surface area contributed by atoms with E-state index in [4.69, 9.17) is 24.5 Å². The zero-order chi connectivity index (χ0) is 27.7. The normalized spacial score (nSPS) is 10.6. The molecule has 0 radical (unpaired) electrons. The van der Waals surface area contributed by atoms with Crippen LogP contribution in [0.3, 0.4) is 0 Å². The van der Waals surface area contributed by atoms with Crippen molar-refractivity contribution >= 4 is 11.6 Å². The van der Waals surface area contributed by atoms with Gasteiger partial charge in [-0.3, -0.25) is 4.79 Å². The van der Waals surface area contributed by atoms with Gasteiger partial charge in [0, 0.05) is 30.4 Å². The van der Waals surface area contributed by atoms with Crippen LogP contribution in [-0.4, -0.2) is 17.6 Å². The smallest absolute Gasteiger partial charge is 0.273 e. The molecule has 1 heterocycles. The number of rotatable bonds is 11. The van der Waals surface area contributed by atoms with Crippen LogP contribution in [0.5, 0.6) is 23.0 Å². The van der Waals surface area contributed by atoms with Gasteiger partial charge in [0.2, 0.25) is 0 Å². The van der Waals surface area contributed by atoms with Crippen molar-refractivity contribution in [1.82, 2.24) is 10.5 Å². The molecule has 8 heteroatoms. The molecule has 0 aliphatic rings. The second-order valence-corrected chi connectivity index (χ2v) is 8.95. The maximum absolute atomic E-state index is 12.4. The number of nitrogens with two attached hydrogens (primary N) is 1. The molecule has 1 amide bonds. The van der Waals surface area contributed by atoms with Crippen molar-refractivity contribution in [3.63, 3.8) is 0 Å². The molecule has 5 aromatic rings. The van der Waals surface area contributed by atoms with Crippen molar-refractivity contribution in [2.24, 2.45) is 0 Å². The number of anilines is 1. The number of ether oxygens (including phenoxy) is 3. The van der Waals surface area contributed by atoms with E-state index in [9.17, 15) is 4.79 Å². The number of carbonyl (C=O) groups is 1. The van der Waals surface area contributed by atoms with Crippen LogP contribution in [0, 0.1) is 0 Å². The number of benzene rings is 4. The Labute approximate surface area is 232 Å². The second-order valence-electron chi connectivity index (χ2n) is 8.95. The quantitative estimate of drug-likeness (QED) is 0.183. The summed E-state index contributed by atoms with van der Waals surface area (Å²) < 4.78 is 24.4. The van der Waals surface area contributed by atoms with Crippen LogP contribution in [0.4, 0.5) is 5.69 Å². The third kappa shape index (κ3) is 6.60. The fourth-order valence-electron chi connectivity index (χ4n) is 3.98. The summed E-state index contributed by atoms with van der Waals surface area (Å²) in [4.78, 5) is 12.4. The number of carbonyl (C=O) groups excluding carboxylic acids is 1. The van der Waals surface area contributed by atoms with Crippen LogP contribution in [0.25, 0.3) is 11.3 Å². The van der Waals surface area contributed by atoms with Gasteiger partial charge in [-0.2, -0.15) is 0 Å². The topological polar surface area (TPSA) is 109 Å². The van der Waals surface area contributed by atoms with E-state index >= 15 is 0 Å². The molecule has 40 heavy (non-hydrogen) atoms. The zero-order valence-electron chi connectivity index (χ0n) is 22.0. The summed E-state index contributed by atoms with van der Waals surface area (Å²) in [5, 5.41) is 6.72. The summed E-state index contributed by atoms with van der Waals surface area (Å²) >= 11 is 0. The molecule has 8 nitrogen and oxygen atoms in total. The number of hydrogen-bond acceptors (Lipinski definition) is 7. The Morgan fingerprint density at radius 2 is 1.43 bits per heavy atom. The number of amides is 1. The summed E-state index contributed by atoms with van der Waals surface area (Å²) in [5.41, 5.74) is 9.12. The Balaban J connectivity index is 1.57. The minimum atomic E-state index is -0.340. The van der Waals surface area contributed by atoms with Gasteiger partial charge in [0.25, 0.3) is 5.91 Å². The predicted octanol–water partition coefficient (Wildman–Crippen LogP) is 6.62.